The first-order valence-corrected chi connectivity index (χ1v) is 6.30. The molecule has 0 bridgehead atoms. The summed E-state index contributed by atoms with van der Waals surface area (Å²) in [7, 11) is 6.18. The van der Waals surface area contributed by atoms with Crippen LogP contribution in [0.3, 0.4) is 0 Å². The fraction of sp³-hybridized carbons (Fsp3) is 0.769. The second kappa shape index (κ2) is 6.17. The standard InChI is InChI=1S/C13H26N4/c1-10(9-14-4)13-11(2)15-17(12(13)3)8-7-16(5)6/h10,14H,7-9H2,1-6H3. The first kappa shape index (κ1) is 14.2. The van der Waals surface area contributed by atoms with Gasteiger partial charge >= 0.3 is 0 Å². The van der Waals surface area contributed by atoms with Gasteiger partial charge in [-0.3, -0.25) is 4.68 Å². The van der Waals surface area contributed by atoms with Gasteiger partial charge in [-0.2, -0.15) is 5.10 Å². The van der Waals surface area contributed by atoms with Crippen LogP contribution in [0, 0.1) is 13.8 Å². The zero-order valence-corrected chi connectivity index (χ0v) is 12.0. The van der Waals surface area contributed by atoms with Crippen LogP contribution in [-0.2, 0) is 6.54 Å². The van der Waals surface area contributed by atoms with Gasteiger partial charge in [-0.15, -0.1) is 0 Å². The van der Waals surface area contributed by atoms with Crippen molar-refractivity contribution in [3.05, 3.63) is 17.0 Å². The van der Waals surface area contributed by atoms with Gasteiger partial charge in [0.1, 0.15) is 0 Å². The highest BCUT2D eigenvalue weighted by Gasteiger charge is 2.16. The van der Waals surface area contributed by atoms with Crippen LogP contribution in [0.4, 0.5) is 0 Å². The van der Waals surface area contributed by atoms with Gasteiger partial charge in [0.2, 0.25) is 0 Å². The van der Waals surface area contributed by atoms with Gasteiger partial charge in [0.25, 0.3) is 0 Å². The van der Waals surface area contributed by atoms with Gasteiger partial charge in [0, 0.05) is 18.8 Å². The first-order valence-electron chi connectivity index (χ1n) is 6.30. The molecule has 1 unspecified atom stereocenters. The van der Waals surface area contributed by atoms with Gasteiger partial charge in [0.15, 0.2) is 0 Å². The Morgan fingerprint density at radius 3 is 2.53 bits per heavy atom. The minimum atomic E-state index is 0.521. The molecule has 1 rings (SSSR count). The van der Waals surface area contributed by atoms with E-state index in [0.29, 0.717) is 5.92 Å². The highest BCUT2D eigenvalue weighted by Crippen LogP contribution is 2.22. The van der Waals surface area contributed by atoms with Crippen LogP contribution in [-0.4, -0.2) is 48.9 Å². The zero-order valence-electron chi connectivity index (χ0n) is 12.0. The molecule has 0 aliphatic carbocycles. The topological polar surface area (TPSA) is 33.1 Å². The van der Waals surface area contributed by atoms with Gasteiger partial charge in [-0.25, -0.2) is 0 Å². The number of aromatic nitrogens is 2. The SMILES string of the molecule is CNCC(C)c1c(C)nn(CCN(C)C)c1C. The second-order valence-corrected chi connectivity index (χ2v) is 5.07. The van der Waals surface area contributed by atoms with Crippen molar-refractivity contribution in [2.45, 2.75) is 33.2 Å². The molecule has 1 aromatic heterocycles. The molecule has 0 aliphatic heterocycles. The van der Waals surface area contributed by atoms with Crippen molar-refractivity contribution < 1.29 is 0 Å². The van der Waals surface area contributed by atoms with E-state index in [1.54, 1.807) is 0 Å². The Labute approximate surface area is 105 Å². The third kappa shape index (κ3) is 3.54. The van der Waals surface area contributed by atoms with Crippen molar-refractivity contribution in [2.75, 3.05) is 34.2 Å². The summed E-state index contributed by atoms with van der Waals surface area (Å²) in [6, 6.07) is 0. The number of nitrogens with one attached hydrogen (secondary N) is 1. The van der Waals surface area contributed by atoms with Crippen molar-refractivity contribution >= 4 is 0 Å². The summed E-state index contributed by atoms with van der Waals surface area (Å²) in [5.74, 6) is 0.521. The molecule has 0 saturated carbocycles. The average Bonchev–Trinajstić information content (AvgIpc) is 2.51. The van der Waals surface area contributed by atoms with E-state index >= 15 is 0 Å². The largest absolute Gasteiger partial charge is 0.319 e. The molecule has 0 radical (unpaired) electrons. The van der Waals surface area contributed by atoms with Crippen LogP contribution in [0.25, 0.3) is 0 Å². The van der Waals surface area contributed by atoms with Crippen molar-refractivity contribution in [2.24, 2.45) is 0 Å². The van der Waals surface area contributed by atoms with Crippen LogP contribution < -0.4 is 5.32 Å². The Balaban J connectivity index is 2.85. The summed E-state index contributed by atoms with van der Waals surface area (Å²) in [4.78, 5) is 2.19. The van der Waals surface area contributed by atoms with Crippen LogP contribution in [0.1, 0.15) is 29.8 Å². The summed E-state index contributed by atoms with van der Waals surface area (Å²) in [5.41, 5.74) is 3.88. The first-order chi connectivity index (χ1) is 7.97. The van der Waals surface area contributed by atoms with Crippen LogP contribution in [0.2, 0.25) is 0 Å². The minimum absolute atomic E-state index is 0.521. The molecule has 4 nitrogen and oxygen atoms in total. The average molecular weight is 238 g/mol. The summed E-state index contributed by atoms with van der Waals surface area (Å²) >= 11 is 0. The smallest absolute Gasteiger partial charge is 0.0631 e. The molecule has 1 N–H and O–H groups in total. The molecule has 1 atom stereocenters. The Morgan fingerprint density at radius 1 is 1.35 bits per heavy atom. The molecule has 17 heavy (non-hydrogen) atoms. The monoisotopic (exact) mass is 238 g/mol. The van der Waals surface area contributed by atoms with E-state index in [0.717, 1.165) is 19.6 Å². The number of hydrogen-bond acceptors (Lipinski definition) is 3. The summed E-state index contributed by atoms with van der Waals surface area (Å²) in [6.07, 6.45) is 0. The Morgan fingerprint density at radius 2 is 2.00 bits per heavy atom. The second-order valence-electron chi connectivity index (χ2n) is 5.07. The van der Waals surface area contributed by atoms with Crippen LogP contribution in [0.5, 0.6) is 0 Å². The lowest BCUT2D eigenvalue weighted by atomic mass is 9.99. The van der Waals surface area contributed by atoms with E-state index < -0.39 is 0 Å². The van der Waals surface area contributed by atoms with Gasteiger partial charge in [-0.05, 0) is 46.5 Å². The quantitative estimate of drug-likeness (QED) is 0.813. The lowest BCUT2D eigenvalue weighted by Crippen LogP contribution is -2.20. The molecule has 4 heteroatoms. The van der Waals surface area contributed by atoms with Gasteiger partial charge < -0.3 is 10.2 Å². The molecular weight excluding hydrogens is 212 g/mol. The molecule has 1 heterocycles. The van der Waals surface area contributed by atoms with Crippen LogP contribution in [0.15, 0.2) is 0 Å². The maximum Gasteiger partial charge on any atom is 0.0631 e. The van der Waals surface area contributed by atoms with E-state index in [-0.39, 0.29) is 0 Å². The van der Waals surface area contributed by atoms with E-state index in [9.17, 15) is 0 Å². The molecule has 0 fully saturated rings. The number of nitrogens with zero attached hydrogens (tertiary/aromatic N) is 3. The third-order valence-electron chi connectivity index (χ3n) is 3.20. The highest BCUT2D eigenvalue weighted by molar-refractivity contribution is 5.28. The maximum absolute atomic E-state index is 4.65. The van der Waals surface area contributed by atoms with Crippen molar-refractivity contribution in [1.82, 2.24) is 20.0 Å². The number of rotatable bonds is 6. The fourth-order valence-corrected chi connectivity index (χ4v) is 2.34. The maximum atomic E-state index is 4.65. The van der Waals surface area contributed by atoms with Crippen molar-refractivity contribution in [1.29, 1.82) is 0 Å². The molecular formula is C13H26N4. The fourth-order valence-electron chi connectivity index (χ4n) is 2.34. The van der Waals surface area contributed by atoms with Crippen molar-refractivity contribution in [3.63, 3.8) is 0 Å². The molecule has 98 valence electrons. The zero-order chi connectivity index (χ0) is 13.0. The van der Waals surface area contributed by atoms with E-state index in [1.165, 1.54) is 17.0 Å². The number of aryl methyl sites for hydroxylation is 1. The van der Waals surface area contributed by atoms with E-state index in [2.05, 4.69) is 54.9 Å². The van der Waals surface area contributed by atoms with E-state index in [4.69, 9.17) is 0 Å². The molecule has 0 saturated heterocycles. The van der Waals surface area contributed by atoms with Gasteiger partial charge in [0.05, 0.1) is 12.2 Å². The predicted octanol–water partition coefficient (Wildman–Crippen LogP) is 1.38. The summed E-state index contributed by atoms with van der Waals surface area (Å²) < 4.78 is 2.14. The minimum Gasteiger partial charge on any atom is -0.319 e. The lowest BCUT2D eigenvalue weighted by Gasteiger charge is -2.13. The Hall–Kier alpha value is -0.870. The van der Waals surface area contributed by atoms with Crippen LogP contribution >= 0.6 is 0 Å². The Kier molecular flexibility index (Phi) is 5.15. The van der Waals surface area contributed by atoms with E-state index in [1.807, 2.05) is 7.05 Å². The molecule has 0 spiro atoms. The summed E-state index contributed by atoms with van der Waals surface area (Å²) in [5, 5.41) is 7.88. The third-order valence-corrected chi connectivity index (χ3v) is 3.20. The molecule has 0 aliphatic rings. The number of likely N-dealkylation sites (N-methyl/N-ethyl adjacent to an activating group) is 2. The Bertz CT molecular complexity index is 355. The summed E-state index contributed by atoms with van der Waals surface area (Å²) in [6.45, 7) is 9.54. The molecule has 1 aromatic rings. The molecule has 0 amide bonds. The van der Waals surface area contributed by atoms with Crippen molar-refractivity contribution in [3.8, 4) is 0 Å². The molecule has 0 aromatic carbocycles. The number of hydrogen-bond donors (Lipinski definition) is 1. The normalized spacial score (nSPS) is 13.4. The lowest BCUT2D eigenvalue weighted by molar-refractivity contribution is 0.370. The highest BCUT2D eigenvalue weighted by atomic mass is 15.3. The predicted molar refractivity (Wildman–Crippen MR) is 72.6 cm³/mol. The van der Waals surface area contributed by atoms with Gasteiger partial charge in [-0.1, -0.05) is 6.92 Å².